The molecule has 48 valence electrons. The zero-order chi connectivity index (χ0) is 6.41. The van der Waals surface area contributed by atoms with Gasteiger partial charge in [-0.2, -0.15) is 0 Å². The summed E-state index contributed by atoms with van der Waals surface area (Å²) in [5.41, 5.74) is 2.85. The van der Waals surface area contributed by atoms with E-state index in [1.54, 1.807) is 7.05 Å². The van der Waals surface area contributed by atoms with Gasteiger partial charge in [0, 0.05) is 6.54 Å². The van der Waals surface area contributed by atoms with Gasteiger partial charge in [0.15, 0.2) is 0 Å². The minimum absolute atomic E-state index is 0.465. The fourth-order valence-electron chi connectivity index (χ4n) is 0.468. The van der Waals surface area contributed by atoms with Crippen LogP contribution in [0.15, 0.2) is 0 Å². The van der Waals surface area contributed by atoms with Crippen molar-refractivity contribution in [2.24, 2.45) is 0 Å². The first-order valence-corrected chi connectivity index (χ1v) is 2.71. The third kappa shape index (κ3) is 2.71. The van der Waals surface area contributed by atoms with Crippen LogP contribution in [0.1, 0.15) is 6.92 Å². The Morgan fingerprint density at radius 1 is 1.75 bits per heavy atom. The number of hydrazine groups is 1. The standard InChI is InChI=1S/C5H12N2O/c1-3-7(6-2)4-5-8/h5-6H,3-4H2,1-2H3. The predicted molar refractivity (Wildman–Crippen MR) is 32.4 cm³/mol. The van der Waals surface area contributed by atoms with Gasteiger partial charge in [-0.3, -0.25) is 5.43 Å². The smallest absolute Gasteiger partial charge is 0.135 e. The maximum Gasteiger partial charge on any atom is 0.135 e. The fraction of sp³-hybridized carbons (Fsp3) is 0.800. The fourth-order valence-corrected chi connectivity index (χ4v) is 0.468. The third-order valence-corrected chi connectivity index (χ3v) is 0.993. The van der Waals surface area contributed by atoms with Gasteiger partial charge in [0.1, 0.15) is 6.29 Å². The highest BCUT2D eigenvalue weighted by atomic mass is 16.1. The third-order valence-electron chi connectivity index (χ3n) is 0.993. The summed E-state index contributed by atoms with van der Waals surface area (Å²) in [5, 5.41) is 1.81. The number of nitrogens with one attached hydrogen (secondary N) is 1. The summed E-state index contributed by atoms with van der Waals surface area (Å²) in [6.07, 6.45) is 0.875. The topological polar surface area (TPSA) is 32.3 Å². The Morgan fingerprint density at radius 2 is 2.38 bits per heavy atom. The van der Waals surface area contributed by atoms with Crippen LogP contribution in [0.2, 0.25) is 0 Å². The van der Waals surface area contributed by atoms with E-state index in [9.17, 15) is 4.79 Å². The molecule has 0 aliphatic heterocycles. The van der Waals surface area contributed by atoms with Gasteiger partial charge in [-0.15, -0.1) is 0 Å². The number of hydrogen-bond donors (Lipinski definition) is 1. The van der Waals surface area contributed by atoms with E-state index in [4.69, 9.17) is 0 Å². The summed E-state index contributed by atoms with van der Waals surface area (Å²) in [4.78, 5) is 9.85. The molecule has 0 atom stereocenters. The second-order valence-corrected chi connectivity index (χ2v) is 1.43. The molecule has 3 heteroatoms. The quantitative estimate of drug-likeness (QED) is 0.402. The van der Waals surface area contributed by atoms with E-state index in [-0.39, 0.29) is 0 Å². The first kappa shape index (κ1) is 7.59. The first-order valence-electron chi connectivity index (χ1n) is 2.71. The molecule has 1 N–H and O–H groups in total. The minimum Gasteiger partial charge on any atom is -0.302 e. The molecule has 0 unspecified atom stereocenters. The second-order valence-electron chi connectivity index (χ2n) is 1.43. The molecule has 0 heterocycles. The molecule has 0 aliphatic carbocycles. The summed E-state index contributed by atoms with van der Waals surface area (Å²) in [6.45, 7) is 3.31. The van der Waals surface area contributed by atoms with E-state index in [0.29, 0.717) is 6.54 Å². The van der Waals surface area contributed by atoms with E-state index in [0.717, 1.165) is 12.8 Å². The van der Waals surface area contributed by atoms with Crippen molar-refractivity contribution in [3.05, 3.63) is 0 Å². The Hall–Kier alpha value is -0.410. The summed E-state index contributed by atoms with van der Waals surface area (Å²) < 4.78 is 0. The van der Waals surface area contributed by atoms with Gasteiger partial charge in [0.2, 0.25) is 0 Å². The molecule has 0 aromatic heterocycles. The van der Waals surface area contributed by atoms with Crippen molar-refractivity contribution in [1.29, 1.82) is 0 Å². The van der Waals surface area contributed by atoms with Gasteiger partial charge < -0.3 is 4.79 Å². The van der Waals surface area contributed by atoms with Gasteiger partial charge in [-0.1, -0.05) is 6.92 Å². The molecule has 3 nitrogen and oxygen atoms in total. The summed E-state index contributed by atoms with van der Waals surface area (Å²) >= 11 is 0. The summed E-state index contributed by atoms with van der Waals surface area (Å²) in [6, 6.07) is 0. The van der Waals surface area contributed by atoms with Gasteiger partial charge in [-0.05, 0) is 7.05 Å². The predicted octanol–water partition coefficient (Wildman–Crippen LogP) is -0.358. The lowest BCUT2D eigenvalue weighted by Crippen LogP contribution is -2.35. The van der Waals surface area contributed by atoms with Crippen LogP contribution in [0.25, 0.3) is 0 Å². The SMILES string of the molecule is CCN(CC=O)NC. The molecule has 0 aliphatic rings. The van der Waals surface area contributed by atoms with Crippen molar-refractivity contribution >= 4 is 6.29 Å². The van der Waals surface area contributed by atoms with Gasteiger partial charge in [0.25, 0.3) is 0 Å². The Balaban J connectivity index is 3.20. The summed E-state index contributed by atoms with van der Waals surface area (Å²) in [5.74, 6) is 0. The Kier molecular flexibility index (Phi) is 4.50. The molecule has 0 fully saturated rings. The first-order chi connectivity index (χ1) is 3.85. The highest BCUT2D eigenvalue weighted by Gasteiger charge is 1.92. The maximum atomic E-state index is 9.85. The molecule has 0 rings (SSSR count). The van der Waals surface area contributed by atoms with Crippen LogP contribution in [0.5, 0.6) is 0 Å². The van der Waals surface area contributed by atoms with Crippen molar-refractivity contribution < 1.29 is 4.79 Å². The number of hydrogen-bond acceptors (Lipinski definition) is 3. The minimum atomic E-state index is 0.465. The second kappa shape index (κ2) is 4.74. The molecule has 0 saturated heterocycles. The van der Waals surface area contributed by atoms with Crippen molar-refractivity contribution in [3.63, 3.8) is 0 Å². The Morgan fingerprint density at radius 3 is 2.50 bits per heavy atom. The van der Waals surface area contributed by atoms with Gasteiger partial charge >= 0.3 is 0 Å². The van der Waals surface area contributed by atoms with Crippen molar-refractivity contribution in [3.8, 4) is 0 Å². The molecule has 0 amide bonds. The van der Waals surface area contributed by atoms with E-state index >= 15 is 0 Å². The van der Waals surface area contributed by atoms with Crippen LogP contribution in [0, 0.1) is 0 Å². The number of aldehydes is 1. The number of carbonyl (C=O) groups excluding carboxylic acids is 1. The lowest BCUT2D eigenvalue weighted by Gasteiger charge is -2.13. The van der Waals surface area contributed by atoms with E-state index in [1.165, 1.54) is 0 Å². The lowest BCUT2D eigenvalue weighted by atomic mass is 10.6. The molecule has 0 aromatic carbocycles. The highest BCUT2D eigenvalue weighted by Crippen LogP contribution is 1.72. The van der Waals surface area contributed by atoms with E-state index in [2.05, 4.69) is 5.43 Å². The molecular formula is C5H12N2O. The maximum absolute atomic E-state index is 9.85. The average Bonchev–Trinajstić information content (AvgIpc) is 1.83. The van der Waals surface area contributed by atoms with Crippen LogP contribution >= 0.6 is 0 Å². The number of carbonyl (C=O) groups is 1. The molecule has 0 radical (unpaired) electrons. The Labute approximate surface area is 49.6 Å². The molecule has 0 saturated carbocycles. The van der Waals surface area contributed by atoms with E-state index in [1.807, 2.05) is 11.9 Å². The normalized spacial score (nSPS) is 9.88. The molecular weight excluding hydrogens is 104 g/mol. The van der Waals surface area contributed by atoms with Crippen LogP contribution in [-0.4, -0.2) is 31.4 Å². The monoisotopic (exact) mass is 116 g/mol. The lowest BCUT2D eigenvalue weighted by molar-refractivity contribution is -0.109. The molecule has 8 heavy (non-hydrogen) atoms. The number of nitrogens with zero attached hydrogens (tertiary/aromatic N) is 1. The van der Waals surface area contributed by atoms with Crippen LogP contribution in [0.3, 0.4) is 0 Å². The van der Waals surface area contributed by atoms with Crippen molar-refractivity contribution in [2.75, 3.05) is 20.1 Å². The largest absolute Gasteiger partial charge is 0.302 e. The summed E-state index contributed by atoms with van der Waals surface area (Å²) in [7, 11) is 1.80. The molecule has 0 bridgehead atoms. The average molecular weight is 116 g/mol. The zero-order valence-corrected chi connectivity index (χ0v) is 5.35. The van der Waals surface area contributed by atoms with Crippen LogP contribution < -0.4 is 5.43 Å². The van der Waals surface area contributed by atoms with Gasteiger partial charge in [-0.25, -0.2) is 5.01 Å². The number of likely N-dealkylation sites (N-methyl/N-ethyl adjacent to an activating group) is 1. The molecule has 0 spiro atoms. The number of rotatable bonds is 4. The van der Waals surface area contributed by atoms with Crippen LogP contribution in [0.4, 0.5) is 0 Å². The zero-order valence-electron chi connectivity index (χ0n) is 5.35. The van der Waals surface area contributed by atoms with Crippen molar-refractivity contribution in [1.82, 2.24) is 10.4 Å². The molecule has 0 aromatic rings. The van der Waals surface area contributed by atoms with Crippen LogP contribution in [-0.2, 0) is 4.79 Å². The Bertz CT molecular complexity index is 61.4. The van der Waals surface area contributed by atoms with E-state index < -0.39 is 0 Å². The van der Waals surface area contributed by atoms with Crippen molar-refractivity contribution in [2.45, 2.75) is 6.92 Å². The van der Waals surface area contributed by atoms with Gasteiger partial charge in [0.05, 0.1) is 6.54 Å². The highest BCUT2D eigenvalue weighted by molar-refractivity contribution is 5.51.